The third-order valence-electron chi connectivity index (χ3n) is 2.48. The molecule has 0 saturated carbocycles. The molecule has 0 fully saturated rings. The topological polar surface area (TPSA) is 29.3 Å². The molecule has 0 aromatic heterocycles. The Morgan fingerprint density at radius 1 is 1.46 bits per heavy atom. The van der Waals surface area contributed by atoms with E-state index in [1.54, 1.807) is 0 Å². The highest BCUT2D eigenvalue weighted by atomic mass is 35.5. The summed E-state index contributed by atoms with van der Waals surface area (Å²) in [5, 5.41) is 0. The summed E-state index contributed by atoms with van der Waals surface area (Å²) in [6, 6.07) is 6.20. The molecule has 0 atom stereocenters. The van der Waals surface area contributed by atoms with Gasteiger partial charge in [0.2, 0.25) is 0 Å². The zero-order valence-electron chi connectivity index (χ0n) is 7.79. The van der Waals surface area contributed by atoms with Crippen molar-refractivity contribution < 1.29 is 0 Å². The highest BCUT2D eigenvalue weighted by Crippen LogP contribution is 2.29. The monoisotopic (exact) mass is 198 g/mol. The van der Waals surface area contributed by atoms with E-state index in [-0.39, 0.29) is 12.4 Å². The van der Waals surface area contributed by atoms with Gasteiger partial charge in [-0.15, -0.1) is 12.4 Å². The van der Waals surface area contributed by atoms with Crippen molar-refractivity contribution in [3.63, 3.8) is 0 Å². The summed E-state index contributed by atoms with van der Waals surface area (Å²) in [6.45, 7) is 4.41. The van der Waals surface area contributed by atoms with Crippen molar-refractivity contribution in [3.8, 4) is 0 Å². The summed E-state index contributed by atoms with van der Waals surface area (Å²) in [6.07, 6.45) is 1.17. The van der Waals surface area contributed by atoms with Crippen molar-refractivity contribution in [1.82, 2.24) is 0 Å². The van der Waals surface area contributed by atoms with Gasteiger partial charge in [-0.3, -0.25) is 0 Å². The molecule has 2 nitrogen and oxygen atoms in total. The first-order chi connectivity index (χ1) is 5.81. The minimum absolute atomic E-state index is 0. The summed E-state index contributed by atoms with van der Waals surface area (Å²) in [7, 11) is 0. The van der Waals surface area contributed by atoms with E-state index < -0.39 is 0 Å². The van der Waals surface area contributed by atoms with Gasteiger partial charge in [0.05, 0.1) is 0 Å². The van der Waals surface area contributed by atoms with E-state index in [4.69, 9.17) is 5.73 Å². The van der Waals surface area contributed by atoms with Gasteiger partial charge in [0.15, 0.2) is 0 Å². The molecule has 0 bridgehead atoms. The Bertz CT molecular complexity index is 299. The first-order valence-corrected chi connectivity index (χ1v) is 4.44. The smallest absolute Gasteiger partial charge is 0.0420 e. The molecule has 0 amide bonds. The number of nitrogens with zero attached hydrogens (tertiary/aromatic N) is 1. The van der Waals surface area contributed by atoms with E-state index in [1.807, 2.05) is 6.07 Å². The fourth-order valence-corrected chi connectivity index (χ4v) is 1.79. The molecule has 1 aliphatic heterocycles. The van der Waals surface area contributed by atoms with Crippen molar-refractivity contribution in [3.05, 3.63) is 23.8 Å². The third kappa shape index (κ3) is 1.73. The normalized spacial score (nSPS) is 13.8. The summed E-state index contributed by atoms with van der Waals surface area (Å²) in [5.41, 5.74) is 9.36. The van der Waals surface area contributed by atoms with Crippen LogP contribution in [0.2, 0.25) is 0 Å². The number of hydrogen-bond acceptors (Lipinski definition) is 2. The first-order valence-electron chi connectivity index (χ1n) is 4.44. The lowest BCUT2D eigenvalue weighted by Gasteiger charge is -2.16. The van der Waals surface area contributed by atoms with Crippen LogP contribution in [-0.4, -0.2) is 13.1 Å². The van der Waals surface area contributed by atoms with Crippen molar-refractivity contribution in [2.45, 2.75) is 13.3 Å². The predicted octanol–water partition coefficient (Wildman–Crippen LogP) is 2.07. The van der Waals surface area contributed by atoms with E-state index in [0.717, 1.165) is 18.8 Å². The number of nitrogen functional groups attached to an aromatic ring is 1. The van der Waals surface area contributed by atoms with Crippen LogP contribution in [0.4, 0.5) is 11.4 Å². The zero-order valence-corrected chi connectivity index (χ0v) is 8.60. The number of nitrogens with two attached hydrogens (primary N) is 1. The Morgan fingerprint density at radius 2 is 2.23 bits per heavy atom. The summed E-state index contributed by atoms with van der Waals surface area (Å²) in [5.74, 6) is 0. The molecule has 3 heteroatoms. The summed E-state index contributed by atoms with van der Waals surface area (Å²) < 4.78 is 0. The fraction of sp³-hybridized carbons (Fsp3) is 0.400. The lowest BCUT2D eigenvalue weighted by molar-refractivity contribution is 0.868. The Labute approximate surface area is 85.1 Å². The highest BCUT2D eigenvalue weighted by molar-refractivity contribution is 5.85. The number of anilines is 2. The number of rotatable bonds is 1. The minimum atomic E-state index is 0. The van der Waals surface area contributed by atoms with Crippen LogP contribution in [0.5, 0.6) is 0 Å². The molecule has 0 spiro atoms. The number of halogens is 1. The SMILES string of the molecule is CCN1CCc2ccc(N)cc21.Cl. The Kier molecular flexibility index (Phi) is 3.04. The number of benzene rings is 1. The van der Waals surface area contributed by atoms with Gasteiger partial charge in [-0.2, -0.15) is 0 Å². The van der Waals surface area contributed by atoms with E-state index >= 15 is 0 Å². The van der Waals surface area contributed by atoms with Gasteiger partial charge in [0, 0.05) is 24.5 Å². The van der Waals surface area contributed by atoms with Gasteiger partial charge in [-0.05, 0) is 31.0 Å². The van der Waals surface area contributed by atoms with E-state index in [9.17, 15) is 0 Å². The second kappa shape index (κ2) is 3.88. The Morgan fingerprint density at radius 3 is 2.92 bits per heavy atom. The minimum Gasteiger partial charge on any atom is -0.399 e. The average molecular weight is 199 g/mol. The quantitative estimate of drug-likeness (QED) is 0.701. The molecule has 1 aromatic rings. The average Bonchev–Trinajstić information content (AvgIpc) is 2.46. The van der Waals surface area contributed by atoms with E-state index in [0.29, 0.717) is 0 Å². The maximum Gasteiger partial charge on any atom is 0.0420 e. The maximum absolute atomic E-state index is 5.72. The molecule has 1 heterocycles. The predicted molar refractivity (Wildman–Crippen MR) is 59.7 cm³/mol. The largest absolute Gasteiger partial charge is 0.399 e. The van der Waals surface area contributed by atoms with Crippen LogP contribution in [0.25, 0.3) is 0 Å². The van der Waals surface area contributed by atoms with Crippen molar-refractivity contribution >= 4 is 23.8 Å². The lowest BCUT2D eigenvalue weighted by atomic mass is 10.1. The third-order valence-corrected chi connectivity index (χ3v) is 2.48. The number of fused-ring (bicyclic) bond motifs is 1. The van der Waals surface area contributed by atoms with Gasteiger partial charge in [0.1, 0.15) is 0 Å². The molecule has 0 aliphatic carbocycles. The molecule has 0 unspecified atom stereocenters. The van der Waals surface area contributed by atoms with E-state index in [2.05, 4.69) is 24.0 Å². The van der Waals surface area contributed by atoms with Crippen molar-refractivity contribution in [2.24, 2.45) is 0 Å². The molecular weight excluding hydrogens is 184 g/mol. The molecule has 0 radical (unpaired) electrons. The van der Waals surface area contributed by atoms with Crippen LogP contribution in [0, 0.1) is 0 Å². The van der Waals surface area contributed by atoms with Gasteiger partial charge in [0.25, 0.3) is 0 Å². The van der Waals surface area contributed by atoms with Gasteiger partial charge < -0.3 is 10.6 Å². The zero-order chi connectivity index (χ0) is 8.55. The van der Waals surface area contributed by atoms with Gasteiger partial charge in [-0.25, -0.2) is 0 Å². The van der Waals surface area contributed by atoms with Gasteiger partial charge in [-0.1, -0.05) is 6.07 Å². The van der Waals surface area contributed by atoms with Gasteiger partial charge >= 0.3 is 0 Å². The maximum atomic E-state index is 5.72. The number of likely N-dealkylation sites (N-methyl/N-ethyl adjacent to an activating group) is 1. The van der Waals surface area contributed by atoms with Crippen LogP contribution in [0.15, 0.2) is 18.2 Å². The second-order valence-electron chi connectivity index (χ2n) is 3.22. The fourth-order valence-electron chi connectivity index (χ4n) is 1.79. The first kappa shape index (κ1) is 10.2. The van der Waals surface area contributed by atoms with Crippen molar-refractivity contribution in [1.29, 1.82) is 0 Å². The van der Waals surface area contributed by atoms with Crippen LogP contribution in [0.1, 0.15) is 12.5 Å². The van der Waals surface area contributed by atoms with Crippen molar-refractivity contribution in [2.75, 3.05) is 23.7 Å². The number of hydrogen-bond donors (Lipinski definition) is 1. The second-order valence-corrected chi connectivity index (χ2v) is 3.22. The summed E-state index contributed by atoms with van der Waals surface area (Å²) in [4.78, 5) is 2.37. The molecule has 1 aliphatic rings. The molecule has 1 aromatic carbocycles. The van der Waals surface area contributed by atoms with E-state index in [1.165, 1.54) is 17.7 Å². The lowest BCUT2D eigenvalue weighted by Crippen LogP contribution is -2.19. The Balaban J connectivity index is 0.000000845. The van der Waals surface area contributed by atoms with Crippen LogP contribution < -0.4 is 10.6 Å². The standard InChI is InChI=1S/C10H14N2.ClH/c1-2-12-6-5-8-3-4-9(11)7-10(8)12;/h3-4,7H,2,5-6,11H2,1H3;1H. The Hall–Kier alpha value is -0.890. The molecular formula is C10H15ClN2. The molecule has 13 heavy (non-hydrogen) atoms. The highest BCUT2D eigenvalue weighted by Gasteiger charge is 2.16. The summed E-state index contributed by atoms with van der Waals surface area (Å²) >= 11 is 0. The molecule has 2 N–H and O–H groups in total. The molecule has 72 valence electrons. The molecule has 0 saturated heterocycles. The van der Waals surface area contributed by atoms with Crippen LogP contribution in [0.3, 0.4) is 0 Å². The van der Waals surface area contributed by atoms with Crippen LogP contribution in [-0.2, 0) is 6.42 Å². The van der Waals surface area contributed by atoms with Crippen LogP contribution >= 0.6 is 12.4 Å². The molecule has 2 rings (SSSR count).